The van der Waals surface area contributed by atoms with Crippen molar-refractivity contribution in [3.63, 3.8) is 0 Å². The number of hydrogen-bond acceptors (Lipinski definition) is 7. The van der Waals surface area contributed by atoms with E-state index in [1.165, 1.54) is 82.4 Å². The quantitative estimate of drug-likeness (QED) is 0.135. The van der Waals surface area contributed by atoms with Gasteiger partial charge in [0.2, 0.25) is 0 Å². The Hall–Kier alpha value is 0.0800. The summed E-state index contributed by atoms with van der Waals surface area (Å²) in [5, 5.41) is 0.148. The fourth-order valence-corrected chi connectivity index (χ4v) is 5.02. The summed E-state index contributed by atoms with van der Waals surface area (Å²) in [6.07, 6.45) is 19.3. The van der Waals surface area contributed by atoms with E-state index < -0.39 is 0 Å². The minimum absolute atomic E-state index is 0. The molecule has 0 radical (unpaired) electrons. The number of carbonyl (C=O) groups is 4. The van der Waals surface area contributed by atoms with Gasteiger partial charge in [0, 0.05) is 31.4 Å². The zero-order valence-electron chi connectivity index (χ0n) is 21.5. The Balaban J connectivity index is -0.000000478. The molecule has 1 saturated heterocycles. The topological polar surface area (TPSA) is 68.3 Å². The first-order chi connectivity index (χ1) is 16.4. The summed E-state index contributed by atoms with van der Waals surface area (Å²) in [6, 6.07) is 0. The fraction of sp³-hybridized carbons (Fsp3) is 0.852. The van der Waals surface area contributed by atoms with Gasteiger partial charge in [-0.2, -0.15) is 12.6 Å². The largest absolute Gasteiger partial charge is 0.288 e. The van der Waals surface area contributed by atoms with Gasteiger partial charge in [0.25, 0.3) is 0 Å². The lowest BCUT2D eigenvalue weighted by Gasteiger charge is -2.03. The predicted octanol–water partition coefficient (Wildman–Crippen LogP) is 9.10. The maximum absolute atomic E-state index is 11.4. The standard InChI is InChI=1S/C13H24O2S2.C8H18S.C5H6O2S.CH4/c1-2-3-4-5-6-7-11-17-13(15)10-8-9-12(14)16;1-2-3-4-5-6-7-8-9;6-4-2-1-3-5(7)8-4;/h2-11H2,1H3,(H,14,16);9H,2-8H2,1H3;1-3H2;1H4. The van der Waals surface area contributed by atoms with Gasteiger partial charge in [-0.3, -0.25) is 19.2 Å². The van der Waals surface area contributed by atoms with Gasteiger partial charge in [0.1, 0.15) is 0 Å². The van der Waals surface area contributed by atoms with Crippen molar-refractivity contribution in [3.05, 3.63) is 0 Å². The van der Waals surface area contributed by atoms with Crippen LogP contribution in [0.2, 0.25) is 0 Å². The van der Waals surface area contributed by atoms with Crippen molar-refractivity contribution in [2.45, 2.75) is 137 Å². The van der Waals surface area contributed by atoms with Crippen LogP contribution in [0, 0.1) is 0 Å². The van der Waals surface area contributed by atoms with Crippen LogP contribution in [0.3, 0.4) is 0 Å². The van der Waals surface area contributed by atoms with E-state index in [-0.39, 0.29) is 27.9 Å². The van der Waals surface area contributed by atoms with Crippen LogP contribution >= 0.6 is 48.8 Å². The molecule has 1 rings (SSSR count). The van der Waals surface area contributed by atoms with Crippen LogP contribution in [0.5, 0.6) is 0 Å². The van der Waals surface area contributed by atoms with Crippen molar-refractivity contribution in [2.24, 2.45) is 0 Å². The third-order valence-corrected chi connectivity index (χ3v) is 7.46. The number of carbonyl (C=O) groups excluding carboxylic acids is 4. The van der Waals surface area contributed by atoms with Gasteiger partial charge in [-0.15, -0.1) is 12.6 Å². The van der Waals surface area contributed by atoms with Crippen molar-refractivity contribution in [1.82, 2.24) is 0 Å². The highest BCUT2D eigenvalue weighted by Gasteiger charge is 2.15. The predicted molar refractivity (Wildman–Crippen MR) is 164 cm³/mol. The minimum Gasteiger partial charge on any atom is -0.288 e. The molecule has 0 aromatic rings. The Morgan fingerprint density at radius 1 is 0.771 bits per heavy atom. The first-order valence-electron chi connectivity index (χ1n) is 13.1. The van der Waals surface area contributed by atoms with Crippen LogP contribution in [0.4, 0.5) is 0 Å². The maximum atomic E-state index is 11.4. The molecule has 0 aromatic carbocycles. The van der Waals surface area contributed by atoms with E-state index in [9.17, 15) is 19.2 Å². The molecule has 0 amide bonds. The first-order valence-corrected chi connectivity index (χ1v) is 16.0. The lowest BCUT2D eigenvalue weighted by molar-refractivity contribution is -0.115. The summed E-state index contributed by atoms with van der Waals surface area (Å²) in [4.78, 5) is 42.8. The molecule has 8 heteroatoms. The van der Waals surface area contributed by atoms with Crippen molar-refractivity contribution >= 4 is 69.2 Å². The highest BCUT2D eigenvalue weighted by atomic mass is 32.2. The Bertz CT molecular complexity index is 507. The Morgan fingerprint density at radius 2 is 1.26 bits per heavy atom. The van der Waals surface area contributed by atoms with E-state index in [4.69, 9.17) is 0 Å². The molecule has 0 saturated carbocycles. The van der Waals surface area contributed by atoms with Crippen LogP contribution in [0.25, 0.3) is 0 Å². The monoisotopic (exact) mass is 568 g/mol. The molecule has 4 nitrogen and oxygen atoms in total. The molecule has 1 aliphatic heterocycles. The van der Waals surface area contributed by atoms with Gasteiger partial charge in [0.05, 0.1) is 0 Å². The molecular formula is C27H52O4S4. The van der Waals surface area contributed by atoms with E-state index in [1.807, 2.05) is 0 Å². The van der Waals surface area contributed by atoms with Crippen LogP contribution in [-0.2, 0) is 19.2 Å². The highest BCUT2D eigenvalue weighted by molar-refractivity contribution is 8.26. The number of thiol groups is 2. The van der Waals surface area contributed by atoms with Crippen molar-refractivity contribution in [2.75, 3.05) is 11.5 Å². The van der Waals surface area contributed by atoms with Gasteiger partial charge >= 0.3 is 0 Å². The summed E-state index contributed by atoms with van der Waals surface area (Å²) < 4.78 is 0. The zero-order chi connectivity index (χ0) is 25.9. The Morgan fingerprint density at radius 3 is 1.69 bits per heavy atom. The van der Waals surface area contributed by atoms with Gasteiger partial charge in [-0.1, -0.05) is 97.2 Å². The third kappa shape index (κ3) is 36.3. The minimum atomic E-state index is -0.126. The van der Waals surface area contributed by atoms with Gasteiger partial charge in [-0.25, -0.2) is 0 Å². The second-order valence-electron chi connectivity index (χ2n) is 8.43. The first kappa shape index (κ1) is 39.6. The number of rotatable bonds is 17. The summed E-state index contributed by atoms with van der Waals surface area (Å²) in [7, 11) is 0. The molecule has 35 heavy (non-hydrogen) atoms. The zero-order valence-corrected chi connectivity index (χ0v) is 24.9. The molecule has 0 bridgehead atoms. The summed E-state index contributed by atoms with van der Waals surface area (Å²) in [6.45, 7) is 4.46. The lowest BCUT2D eigenvalue weighted by Crippen LogP contribution is -2.05. The molecule has 0 unspecified atom stereocenters. The molecule has 0 spiro atoms. The van der Waals surface area contributed by atoms with E-state index >= 15 is 0 Å². The SMILES string of the molecule is C.CCCCCCCCS.CCCCCCCCSC(=O)CCCC(=O)S.O=C1CCCC(=O)S1. The van der Waals surface area contributed by atoms with Crippen LogP contribution in [0.15, 0.2) is 0 Å². The van der Waals surface area contributed by atoms with Gasteiger partial charge < -0.3 is 0 Å². The summed E-state index contributed by atoms with van der Waals surface area (Å²) in [5.74, 6) is 1.99. The molecule has 1 fully saturated rings. The highest BCUT2D eigenvalue weighted by Crippen LogP contribution is 2.19. The van der Waals surface area contributed by atoms with Crippen molar-refractivity contribution in [1.29, 1.82) is 0 Å². The average Bonchev–Trinajstić information content (AvgIpc) is 2.79. The normalized spacial score (nSPS) is 12.6. The number of thioether (sulfide) groups is 2. The molecule has 0 N–H and O–H groups in total. The smallest absolute Gasteiger partial charge is 0.196 e. The van der Waals surface area contributed by atoms with Crippen LogP contribution < -0.4 is 0 Å². The lowest BCUT2D eigenvalue weighted by atomic mass is 10.1. The third-order valence-electron chi connectivity index (χ3n) is 5.03. The van der Waals surface area contributed by atoms with Crippen molar-refractivity contribution in [3.8, 4) is 0 Å². The maximum Gasteiger partial charge on any atom is 0.196 e. The van der Waals surface area contributed by atoms with Crippen molar-refractivity contribution < 1.29 is 19.2 Å². The molecular weight excluding hydrogens is 517 g/mol. The molecule has 1 aliphatic rings. The van der Waals surface area contributed by atoms with E-state index in [1.54, 1.807) is 0 Å². The Kier molecular flexibility index (Phi) is 36.3. The van der Waals surface area contributed by atoms with Gasteiger partial charge in [0.15, 0.2) is 20.5 Å². The van der Waals surface area contributed by atoms with Gasteiger partial charge in [-0.05, 0) is 43.2 Å². The van der Waals surface area contributed by atoms with E-state index in [2.05, 4.69) is 39.1 Å². The summed E-state index contributed by atoms with van der Waals surface area (Å²) in [5.41, 5.74) is 0. The Labute approximate surface area is 235 Å². The average molecular weight is 569 g/mol. The second-order valence-corrected chi connectivity index (χ2v) is 11.6. The molecule has 0 aromatic heterocycles. The number of unbranched alkanes of at least 4 members (excludes halogenated alkanes) is 10. The van der Waals surface area contributed by atoms with Crippen LogP contribution in [0.1, 0.15) is 137 Å². The fourth-order valence-electron chi connectivity index (χ4n) is 3.02. The molecule has 0 aliphatic carbocycles. The molecule has 208 valence electrons. The van der Waals surface area contributed by atoms with Crippen LogP contribution in [-0.4, -0.2) is 32.0 Å². The molecule has 1 heterocycles. The van der Waals surface area contributed by atoms with E-state index in [0.29, 0.717) is 32.1 Å². The van der Waals surface area contributed by atoms with E-state index in [0.717, 1.165) is 36.1 Å². The second kappa shape index (κ2) is 32.1. The number of hydrogen-bond donors (Lipinski definition) is 2. The molecule has 0 atom stereocenters. The summed E-state index contributed by atoms with van der Waals surface area (Å²) >= 11 is 10.1.